The highest BCUT2D eigenvalue weighted by Crippen LogP contribution is 2.20. The summed E-state index contributed by atoms with van der Waals surface area (Å²) in [5, 5.41) is 17.8. The number of benzene rings is 1. The van der Waals surface area contributed by atoms with Crippen LogP contribution in [0.1, 0.15) is 19.4 Å². The van der Waals surface area contributed by atoms with E-state index in [-0.39, 0.29) is 0 Å². The average molecular weight is 203 g/mol. The molecule has 0 spiro atoms. The molecule has 0 aliphatic carbocycles. The van der Waals surface area contributed by atoms with Crippen LogP contribution in [0, 0.1) is 0 Å². The maximum absolute atomic E-state index is 9.77. The van der Waals surface area contributed by atoms with Gasteiger partial charge in [-0.2, -0.15) is 15.0 Å². The van der Waals surface area contributed by atoms with Gasteiger partial charge in [0.25, 0.3) is 0 Å². The third-order valence-electron chi connectivity index (χ3n) is 2.22. The Bertz CT molecular complexity index is 426. The van der Waals surface area contributed by atoms with Gasteiger partial charge in [0.2, 0.25) is 0 Å². The van der Waals surface area contributed by atoms with E-state index in [1.54, 1.807) is 26.2 Å². The maximum Gasteiger partial charge on any atom is 0.0856 e. The highest BCUT2D eigenvalue weighted by molar-refractivity contribution is 5.34. The van der Waals surface area contributed by atoms with Crippen LogP contribution in [-0.2, 0) is 5.60 Å². The lowest BCUT2D eigenvalue weighted by Crippen LogP contribution is -2.15. The van der Waals surface area contributed by atoms with E-state index in [0.717, 1.165) is 11.3 Å². The molecular weight excluding hydrogens is 190 g/mol. The Morgan fingerprint density at radius 1 is 1.07 bits per heavy atom. The minimum atomic E-state index is -0.809. The van der Waals surface area contributed by atoms with Crippen LogP contribution in [0.3, 0.4) is 0 Å². The van der Waals surface area contributed by atoms with Crippen molar-refractivity contribution in [1.29, 1.82) is 0 Å². The molecule has 0 bridgehead atoms. The SMILES string of the molecule is CC(C)(O)c1ccc(-n2nccn2)cc1. The summed E-state index contributed by atoms with van der Waals surface area (Å²) in [6.45, 7) is 3.52. The van der Waals surface area contributed by atoms with E-state index in [9.17, 15) is 5.11 Å². The monoisotopic (exact) mass is 203 g/mol. The van der Waals surface area contributed by atoms with Crippen LogP contribution in [-0.4, -0.2) is 20.1 Å². The fraction of sp³-hybridized carbons (Fsp3) is 0.273. The number of nitrogens with zero attached hydrogens (tertiary/aromatic N) is 3. The summed E-state index contributed by atoms with van der Waals surface area (Å²) in [6.07, 6.45) is 3.26. The van der Waals surface area contributed by atoms with Gasteiger partial charge in [0.1, 0.15) is 0 Å². The summed E-state index contributed by atoms with van der Waals surface area (Å²) >= 11 is 0. The fourth-order valence-electron chi connectivity index (χ4n) is 1.35. The molecule has 1 heterocycles. The van der Waals surface area contributed by atoms with Crippen molar-refractivity contribution in [1.82, 2.24) is 15.0 Å². The zero-order chi connectivity index (χ0) is 10.9. The van der Waals surface area contributed by atoms with Gasteiger partial charge in [-0.25, -0.2) is 0 Å². The van der Waals surface area contributed by atoms with E-state index in [1.807, 2.05) is 24.3 Å². The molecule has 0 aliphatic rings. The predicted molar refractivity (Wildman–Crippen MR) is 56.6 cm³/mol. The standard InChI is InChI=1S/C11H13N3O/c1-11(2,15)9-3-5-10(6-4-9)14-12-7-8-13-14/h3-8,15H,1-2H3. The second-order valence-corrected chi connectivity index (χ2v) is 3.92. The van der Waals surface area contributed by atoms with Crippen molar-refractivity contribution < 1.29 is 5.11 Å². The van der Waals surface area contributed by atoms with E-state index in [1.165, 1.54) is 4.80 Å². The largest absolute Gasteiger partial charge is 0.386 e. The first-order valence-electron chi connectivity index (χ1n) is 4.77. The van der Waals surface area contributed by atoms with Crippen LogP contribution in [0.15, 0.2) is 36.7 Å². The zero-order valence-corrected chi connectivity index (χ0v) is 8.75. The fourth-order valence-corrected chi connectivity index (χ4v) is 1.35. The van der Waals surface area contributed by atoms with Gasteiger partial charge in [0.05, 0.1) is 23.7 Å². The molecule has 0 amide bonds. The smallest absolute Gasteiger partial charge is 0.0856 e. The highest BCUT2D eigenvalue weighted by atomic mass is 16.3. The Balaban J connectivity index is 2.33. The summed E-state index contributed by atoms with van der Waals surface area (Å²) in [6, 6.07) is 7.51. The van der Waals surface area contributed by atoms with Crippen LogP contribution < -0.4 is 0 Å². The molecule has 2 rings (SSSR count). The highest BCUT2D eigenvalue weighted by Gasteiger charge is 2.15. The Kier molecular flexibility index (Phi) is 2.28. The van der Waals surface area contributed by atoms with E-state index in [4.69, 9.17) is 0 Å². The van der Waals surface area contributed by atoms with Crippen molar-refractivity contribution >= 4 is 0 Å². The van der Waals surface area contributed by atoms with Gasteiger partial charge in [-0.15, -0.1) is 0 Å². The van der Waals surface area contributed by atoms with Gasteiger partial charge in [-0.1, -0.05) is 12.1 Å². The van der Waals surface area contributed by atoms with E-state index in [0.29, 0.717) is 0 Å². The Hall–Kier alpha value is -1.68. The molecular formula is C11H13N3O. The van der Waals surface area contributed by atoms with Crippen molar-refractivity contribution in [3.8, 4) is 5.69 Å². The van der Waals surface area contributed by atoms with Crippen LogP contribution in [0.5, 0.6) is 0 Å². The molecule has 0 fully saturated rings. The van der Waals surface area contributed by atoms with Crippen LogP contribution in [0.4, 0.5) is 0 Å². The lowest BCUT2D eigenvalue weighted by atomic mass is 9.98. The molecule has 1 aromatic heterocycles. The molecule has 0 atom stereocenters. The second kappa shape index (κ2) is 3.47. The van der Waals surface area contributed by atoms with Gasteiger partial charge < -0.3 is 5.11 Å². The third kappa shape index (κ3) is 2.05. The van der Waals surface area contributed by atoms with Crippen LogP contribution in [0.2, 0.25) is 0 Å². The molecule has 0 aliphatic heterocycles. The Morgan fingerprint density at radius 2 is 1.60 bits per heavy atom. The van der Waals surface area contributed by atoms with Crippen molar-refractivity contribution in [3.05, 3.63) is 42.2 Å². The summed E-state index contributed by atoms with van der Waals surface area (Å²) in [4.78, 5) is 1.54. The van der Waals surface area contributed by atoms with Crippen molar-refractivity contribution in [2.45, 2.75) is 19.4 Å². The van der Waals surface area contributed by atoms with E-state index in [2.05, 4.69) is 10.2 Å². The molecule has 0 saturated carbocycles. The van der Waals surface area contributed by atoms with E-state index >= 15 is 0 Å². The molecule has 1 N–H and O–H groups in total. The Morgan fingerprint density at radius 3 is 2.07 bits per heavy atom. The Labute approximate surface area is 88.2 Å². The van der Waals surface area contributed by atoms with Gasteiger partial charge in [0, 0.05) is 0 Å². The first-order chi connectivity index (χ1) is 7.07. The molecule has 15 heavy (non-hydrogen) atoms. The molecule has 1 aromatic carbocycles. The molecule has 0 unspecified atom stereocenters. The number of hydrogen-bond donors (Lipinski definition) is 1. The van der Waals surface area contributed by atoms with Crippen LogP contribution in [0.25, 0.3) is 5.69 Å². The van der Waals surface area contributed by atoms with Gasteiger partial charge in [0.15, 0.2) is 0 Å². The average Bonchev–Trinajstić information content (AvgIpc) is 2.69. The van der Waals surface area contributed by atoms with Crippen molar-refractivity contribution in [2.24, 2.45) is 0 Å². The normalized spacial score (nSPS) is 11.7. The van der Waals surface area contributed by atoms with E-state index < -0.39 is 5.60 Å². The molecule has 4 nitrogen and oxygen atoms in total. The lowest BCUT2D eigenvalue weighted by molar-refractivity contribution is 0.0786. The summed E-state index contributed by atoms with van der Waals surface area (Å²) < 4.78 is 0. The minimum Gasteiger partial charge on any atom is -0.386 e. The predicted octanol–water partition coefficient (Wildman–Crippen LogP) is 1.49. The first kappa shape index (κ1) is 9.86. The number of aromatic nitrogens is 3. The van der Waals surface area contributed by atoms with Gasteiger partial charge in [-0.05, 0) is 31.5 Å². The summed E-state index contributed by atoms with van der Waals surface area (Å²) in [5.41, 5.74) is 0.946. The second-order valence-electron chi connectivity index (χ2n) is 3.92. The maximum atomic E-state index is 9.77. The molecule has 4 heteroatoms. The zero-order valence-electron chi connectivity index (χ0n) is 8.75. The van der Waals surface area contributed by atoms with Gasteiger partial charge in [-0.3, -0.25) is 0 Å². The number of hydrogen-bond acceptors (Lipinski definition) is 3. The molecule has 2 aromatic rings. The van der Waals surface area contributed by atoms with Crippen molar-refractivity contribution in [2.75, 3.05) is 0 Å². The third-order valence-corrected chi connectivity index (χ3v) is 2.22. The van der Waals surface area contributed by atoms with Crippen molar-refractivity contribution in [3.63, 3.8) is 0 Å². The summed E-state index contributed by atoms with van der Waals surface area (Å²) in [7, 11) is 0. The lowest BCUT2D eigenvalue weighted by Gasteiger charge is -2.17. The molecule has 0 saturated heterocycles. The minimum absolute atomic E-state index is 0.809. The summed E-state index contributed by atoms with van der Waals surface area (Å²) in [5.74, 6) is 0. The molecule has 78 valence electrons. The number of aliphatic hydroxyl groups is 1. The topological polar surface area (TPSA) is 50.9 Å². The first-order valence-corrected chi connectivity index (χ1v) is 4.77. The molecule has 0 radical (unpaired) electrons. The quantitative estimate of drug-likeness (QED) is 0.804. The van der Waals surface area contributed by atoms with Crippen LogP contribution >= 0.6 is 0 Å². The number of rotatable bonds is 2. The van der Waals surface area contributed by atoms with Gasteiger partial charge >= 0.3 is 0 Å².